The van der Waals surface area contributed by atoms with Crippen molar-refractivity contribution in [3.05, 3.63) is 35.9 Å². The number of hydrogen-bond acceptors (Lipinski definition) is 3. The number of carbonyl (C=O) groups is 1. The number of benzene rings is 1. The molecule has 25 heavy (non-hydrogen) atoms. The van der Waals surface area contributed by atoms with Crippen LogP contribution in [0.25, 0.3) is 0 Å². The van der Waals surface area contributed by atoms with Crippen molar-refractivity contribution >= 4 is 5.97 Å². The summed E-state index contributed by atoms with van der Waals surface area (Å²) in [6.45, 7) is 6.81. The van der Waals surface area contributed by atoms with Gasteiger partial charge in [-0.1, -0.05) is 76.3 Å². The first kappa shape index (κ1) is 21.7. The Morgan fingerprint density at radius 1 is 1.16 bits per heavy atom. The van der Waals surface area contributed by atoms with Gasteiger partial charge in [0.2, 0.25) is 0 Å². The Morgan fingerprint density at radius 2 is 1.84 bits per heavy atom. The van der Waals surface area contributed by atoms with Crippen LogP contribution in [0, 0.1) is 17.3 Å². The van der Waals surface area contributed by atoms with Crippen LogP contribution in [0.1, 0.15) is 64.9 Å². The number of rotatable bonds is 13. The second kappa shape index (κ2) is 11.3. The van der Waals surface area contributed by atoms with E-state index in [-0.39, 0.29) is 5.92 Å². The van der Waals surface area contributed by atoms with Gasteiger partial charge in [-0.25, -0.2) is 5.48 Å². The highest BCUT2D eigenvalue weighted by atomic mass is 16.5. The molecule has 0 aliphatic heterocycles. The number of carboxylic acids is 1. The standard InChI is InChI=1S/C21H35NO3/c1-4-11-18(14-9-10-15-22-25)19(5-2)21(3,20(23)24)16-17-12-7-6-8-13-17/h6-8,12-13,18-19,22,25H,4-5,9-11,14-16H2,1-3H3,(H,23,24). The summed E-state index contributed by atoms with van der Waals surface area (Å²) in [5, 5.41) is 18.8. The molecular formula is C21H35NO3. The van der Waals surface area contributed by atoms with E-state index in [1.54, 1.807) is 0 Å². The molecule has 0 aliphatic carbocycles. The highest BCUT2D eigenvalue weighted by Crippen LogP contribution is 2.42. The molecule has 3 atom stereocenters. The van der Waals surface area contributed by atoms with Crippen molar-refractivity contribution in [2.24, 2.45) is 17.3 Å². The van der Waals surface area contributed by atoms with Crippen LogP contribution in [-0.4, -0.2) is 22.8 Å². The smallest absolute Gasteiger partial charge is 0.309 e. The first-order chi connectivity index (χ1) is 12.0. The fourth-order valence-electron chi connectivity index (χ4n) is 4.22. The number of nitrogens with one attached hydrogen (secondary N) is 1. The fourth-order valence-corrected chi connectivity index (χ4v) is 4.22. The lowest BCUT2D eigenvalue weighted by molar-refractivity contribution is -0.153. The van der Waals surface area contributed by atoms with Crippen LogP contribution in [0.15, 0.2) is 30.3 Å². The van der Waals surface area contributed by atoms with Crippen molar-refractivity contribution in [2.75, 3.05) is 6.54 Å². The lowest BCUT2D eigenvalue weighted by Crippen LogP contribution is -2.41. The zero-order chi connectivity index (χ0) is 18.7. The van der Waals surface area contributed by atoms with Gasteiger partial charge in [-0.05, 0) is 37.2 Å². The first-order valence-corrected chi connectivity index (χ1v) is 9.63. The molecule has 0 spiro atoms. The zero-order valence-corrected chi connectivity index (χ0v) is 16.0. The van der Waals surface area contributed by atoms with E-state index < -0.39 is 11.4 Å². The van der Waals surface area contributed by atoms with Crippen LogP contribution < -0.4 is 5.48 Å². The molecule has 0 fully saturated rings. The van der Waals surface area contributed by atoms with E-state index in [9.17, 15) is 9.90 Å². The number of hydroxylamine groups is 1. The van der Waals surface area contributed by atoms with E-state index in [2.05, 4.69) is 19.3 Å². The molecule has 1 aromatic rings. The van der Waals surface area contributed by atoms with E-state index in [0.717, 1.165) is 44.1 Å². The average molecular weight is 350 g/mol. The molecule has 0 amide bonds. The average Bonchev–Trinajstić information content (AvgIpc) is 2.60. The van der Waals surface area contributed by atoms with Crippen LogP contribution in [0.5, 0.6) is 0 Å². The second-order valence-corrected chi connectivity index (χ2v) is 7.35. The van der Waals surface area contributed by atoms with Crippen LogP contribution in [0.4, 0.5) is 0 Å². The van der Waals surface area contributed by atoms with Gasteiger partial charge < -0.3 is 10.3 Å². The third kappa shape index (κ3) is 6.44. The number of unbranched alkanes of at least 4 members (excludes halogenated alkanes) is 1. The van der Waals surface area contributed by atoms with Crippen molar-refractivity contribution in [3.63, 3.8) is 0 Å². The lowest BCUT2D eigenvalue weighted by Gasteiger charge is -2.39. The molecule has 0 bridgehead atoms. The first-order valence-electron chi connectivity index (χ1n) is 9.63. The van der Waals surface area contributed by atoms with Crippen LogP contribution in [0.2, 0.25) is 0 Å². The summed E-state index contributed by atoms with van der Waals surface area (Å²) in [6.07, 6.45) is 6.51. The fraction of sp³-hybridized carbons (Fsp3) is 0.667. The number of aliphatic carboxylic acids is 1. The highest BCUT2D eigenvalue weighted by Gasteiger charge is 2.43. The van der Waals surface area contributed by atoms with E-state index in [4.69, 9.17) is 5.21 Å². The maximum atomic E-state index is 12.3. The normalized spacial score (nSPS) is 16.2. The Labute approximate surface area is 152 Å². The molecule has 0 aromatic heterocycles. The SMILES string of the molecule is CCCC(CCCCNO)C(CC)C(C)(Cc1ccccc1)C(=O)O. The molecule has 142 valence electrons. The molecular weight excluding hydrogens is 314 g/mol. The molecule has 1 aromatic carbocycles. The van der Waals surface area contributed by atoms with Gasteiger partial charge in [-0.2, -0.15) is 0 Å². The summed E-state index contributed by atoms with van der Waals surface area (Å²) in [7, 11) is 0. The molecule has 0 radical (unpaired) electrons. The molecule has 0 saturated heterocycles. The Balaban J connectivity index is 2.98. The van der Waals surface area contributed by atoms with E-state index in [1.807, 2.05) is 37.3 Å². The van der Waals surface area contributed by atoms with Crippen molar-refractivity contribution in [2.45, 2.75) is 65.7 Å². The summed E-state index contributed by atoms with van der Waals surface area (Å²) in [5.41, 5.74) is 2.53. The Kier molecular flexibility index (Phi) is 9.76. The summed E-state index contributed by atoms with van der Waals surface area (Å²) < 4.78 is 0. The maximum absolute atomic E-state index is 12.3. The highest BCUT2D eigenvalue weighted by molar-refractivity contribution is 5.75. The Hall–Kier alpha value is -1.39. The molecule has 1 rings (SSSR count). The van der Waals surface area contributed by atoms with E-state index >= 15 is 0 Å². The Morgan fingerprint density at radius 3 is 2.36 bits per heavy atom. The predicted octanol–water partition coefficient (Wildman–Crippen LogP) is 4.91. The van der Waals surface area contributed by atoms with Gasteiger partial charge in [0.05, 0.1) is 5.41 Å². The van der Waals surface area contributed by atoms with Gasteiger partial charge in [-0.3, -0.25) is 4.79 Å². The Bertz CT molecular complexity index is 491. The minimum absolute atomic E-state index is 0.146. The molecule has 0 saturated carbocycles. The maximum Gasteiger partial charge on any atom is 0.309 e. The minimum atomic E-state index is -0.759. The number of carboxylic acid groups (broad SMARTS) is 1. The van der Waals surface area contributed by atoms with Crippen LogP contribution in [-0.2, 0) is 11.2 Å². The van der Waals surface area contributed by atoms with Gasteiger partial charge in [-0.15, -0.1) is 0 Å². The van der Waals surface area contributed by atoms with E-state index in [1.165, 1.54) is 0 Å². The van der Waals surface area contributed by atoms with Gasteiger partial charge in [0.25, 0.3) is 0 Å². The van der Waals surface area contributed by atoms with Crippen molar-refractivity contribution in [3.8, 4) is 0 Å². The summed E-state index contributed by atoms with van der Waals surface area (Å²) >= 11 is 0. The summed E-state index contributed by atoms with van der Waals surface area (Å²) in [4.78, 5) is 12.3. The van der Waals surface area contributed by atoms with Crippen LogP contribution in [0.3, 0.4) is 0 Å². The summed E-state index contributed by atoms with van der Waals surface area (Å²) in [5.74, 6) is -0.146. The topological polar surface area (TPSA) is 69.6 Å². The molecule has 0 heterocycles. The molecule has 3 unspecified atom stereocenters. The van der Waals surface area contributed by atoms with Crippen molar-refractivity contribution in [1.82, 2.24) is 5.48 Å². The van der Waals surface area contributed by atoms with Gasteiger partial charge in [0.15, 0.2) is 0 Å². The van der Waals surface area contributed by atoms with Crippen molar-refractivity contribution in [1.29, 1.82) is 0 Å². The van der Waals surface area contributed by atoms with Crippen LogP contribution >= 0.6 is 0 Å². The molecule has 3 N–H and O–H groups in total. The zero-order valence-electron chi connectivity index (χ0n) is 16.0. The van der Waals surface area contributed by atoms with E-state index in [0.29, 0.717) is 18.9 Å². The molecule has 4 heteroatoms. The largest absolute Gasteiger partial charge is 0.481 e. The minimum Gasteiger partial charge on any atom is -0.481 e. The molecule has 4 nitrogen and oxygen atoms in total. The second-order valence-electron chi connectivity index (χ2n) is 7.35. The van der Waals surface area contributed by atoms with Gasteiger partial charge >= 0.3 is 5.97 Å². The molecule has 0 aliphatic rings. The van der Waals surface area contributed by atoms with Crippen molar-refractivity contribution < 1.29 is 15.1 Å². The van der Waals surface area contributed by atoms with Gasteiger partial charge in [0, 0.05) is 6.54 Å². The third-order valence-electron chi connectivity index (χ3n) is 5.50. The monoisotopic (exact) mass is 349 g/mol. The predicted molar refractivity (Wildman–Crippen MR) is 102 cm³/mol. The summed E-state index contributed by atoms with van der Waals surface area (Å²) in [6, 6.07) is 9.97. The number of hydrogen-bond donors (Lipinski definition) is 3. The van der Waals surface area contributed by atoms with Gasteiger partial charge in [0.1, 0.15) is 0 Å². The third-order valence-corrected chi connectivity index (χ3v) is 5.50. The lowest BCUT2D eigenvalue weighted by atomic mass is 9.64. The quantitative estimate of drug-likeness (QED) is 0.349.